The fourth-order valence-corrected chi connectivity index (χ4v) is 5.39. The summed E-state index contributed by atoms with van der Waals surface area (Å²) in [7, 11) is 1.75. The standard InChI is InChI=1S/C26H32N4O2S/c1-31-25-7-3-2-6-24(25)29-15-13-28(14-16-29)12-4-5-18-32-22-10-8-21(9-11-22)23-20-30-17-19-33-26(30)27-23/h2-3,6-11,17,19,23H,4-5,12-16,18,20H2,1H3. The number of hydrogen-bond donors (Lipinski definition) is 0. The molecule has 0 bridgehead atoms. The van der Waals surface area contributed by atoms with Crippen molar-refractivity contribution in [3.63, 3.8) is 0 Å². The Labute approximate surface area is 200 Å². The molecule has 0 N–H and O–H groups in total. The molecule has 7 heteroatoms. The number of piperazine rings is 1. The van der Waals surface area contributed by atoms with Gasteiger partial charge in [-0.2, -0.15) is 0 Å². The molecule has 1 fully saturated rings. The maximum Gasteiger partial charge on any atom is 0.168 e. The molecule has 33 heavy (non-hydrogen) atoms. The van der Waals surface area contributed by atoms with E-state index in [0.717, 1.165) is 75.4 Å². The van der Waals surface area contributed by atoms with E-state index in [1.54, 1.807) is 18.9 Å². The number of thioether (sulfide) groups is 1. The Balaban J connectivity index is 0.987. The first-order chi connectivity index (χ1) is 16.3. The minimum Gasteiger partial charge on any atom is -0.495 e. The number of para-hydroxylation sites is 2. The second-order valence-electron chi connectivity index (χ2n) is 8.61. The molecule has 1 saturated heterocycles. The summed E-state index contributed by atoms with van der Waals surface area (Å²) in [5.74, 6) is 1.91. The van der Waals surface area contributed by atoms with Crippen LogP contribution >= 0.6 is 11.8 Å². The van der Waals surface area contributed by atoms with E-state index in [1.165, 1.54) is 11.3 Å². The lowest BCUT2D eigenvalue weighted by atomic mass is 10.1. The zero-order valence-electron chi connectivity index (χ0n) is 19.2. The summed E-state index contributed by atoms with van der Waals surface area (Å²) in [5, 5.41) is 3.20. The number of aliphatic imine (C=N–C) groups is 1. The maximum atomic E-state index is 5.99. The van der Waals surface area contributed by atoms with Crippen LogP contribution in [0.1, 0.15) is 24.4 Å². The van der Waals surface area contributed by atoms with E-state index >= 15 is 0 Å². The number of methoxy groups -OCH3 is 1. The van der Waals surface area contributed by atoms with Crippen LogP contribution in [0.2, 0.25) is 0 Å². The first-order valence-electron chi connectivity index (χ1n) is 11.8. The summed E-state index contributed by atoms with van der Waals surface area (Å²) < 4.78 is 11.5. The van der Waals surface area contributed by atoms with E-state index in [9.17, 15) is 0 Å². The van der Waals surface area contributed by atoms with E-state index in [4.69, 9.17) is 14.5 Å². The molecular formula is C26H32N4O2S. The van der Waals surface area contributed by atoms with Crippen LogP contribution in [0.5, 0.6) is 11.5 Å². The van der Waals surface area contributed by atoms with Gasteiger partial charge in [0.15, 0.2) is 5.17 Å². The first-order valence-corrected chi connectivity index (χ1v) is 12.7. The monoisotopic (exact) mass is 464 g/mol. The Kier molecular flexibility index (Phi) is 7.07. The molecule has 0 aromatic heterocycles. The summed E-state index contributed by atoms with van der Waals surface area (Å²) >= 11 is 1.70. The van der Waals surface area contributed by atoms with Crippen molar-refractivity contribution in [2.24, 2.45) is 4.99 Å². The van der Waals surface area contributed by atoms with Crippen molar-refractivity contribution >= 4 is 22.6 Å². The number of anilines is 1. The molecule has 1 atom stereocenters. The lowest BCUT2D eigenvalue weighted by molar-refractivity contribution is 0.238. The highest BCUT2D eigenvalue weighted by Crippen LogP contribution is 2.33. The van der Waals surface area contributed by atoms with Crippen molar-refractivity contribution in [3.8, 4) is 11.5 Å². The fraction of sp³-hybridized carbons (Fsp3) is 0.423. The smallest absolute Gasteiger partial charge is 0.168 e. The van der Waals surface area contributed by atoms with Gasteiger partial charge in [0, 0.05) is 32.4 Å². The predicted molar refractivity (Wildman–Crippen MR) is 136 cm³/mol. The van der Waals surface area contributed by atoms with Crippen molar-refractivity contribution in [1.29, 1.82) is 0 Å². The molecule has 3 aliphatic heterocycles. The van der Waals surface area contributed by atoms with Gasteiger partial charge < -0.3 is 19.3 Å². The lowest BCUT2D eigenvalue weighted by Gasteiger charge is -2.36. The van der Waals surface area contributed by atoms with Crippen molar-refractivity contribution in [2.75, 3.05) is 57.9 Å². The van der Waals surface area contributed by atoms with E-state index in [0.29, 0.717) is 0 Å². The highest BCUT2D eigenvalue weighted by Gasteiger charge is 2.27. The van der Waals surface area contributed by atoms with Crippen LogP contribution in [0.15, 0.2) is 65.1 Å². The van der Waals surface area contributed by atoms with Crippen molar-refractivity contribution < 1.29 is 9.47 Å². The number of rotatable bonds is 9. The number of ether oxygens (including phenoxy) is 2. The normalized spacial score (nSPS) is 20.2. The second-order valence-corrected chi connectivity index (χ2v) is 9.48. The SMILES string of the molecule is COc1ccccc1N1CCN(CCCCOc2ccc(C3CN4C=CSC4=N3)cc2)CC1. The second kappa shape index (κ2) is 10.5. The van der Waals surface area contributed by atoms with Gasteiger partial charge in [0.25, 0.3) is 0 Å². The zero-order chi connectivity index (χ0) is 22.5. The van der Waals surface area contributed by atoms with E-state index < -0.39 is 0 Å². The Bertz CT molecular complexity index is 986. The number of hydrogen-bond acceptors (Lipinski definition) is 7. The van der Waals surface area contributed by atoms with Crippen LogP contribution in [0.3, 0.4) is 0 Å². The van der Waals surface area contributed by atoms with Gasteiger partial charge in [0.05, 0.1) is 32.0 Å². The quantitative estimate of drug-likeness (QED) is 0.505. The van der Waals surface area contributed by atoms with Gasteiger partial charge >= 0.3 is 0 Å². The number of benzene rings is 2. The molecule has 0 spiro atoms. The molecule has 5 rings (SSSR count). The van der Waals surface area contributed by atoms with Gasteiger partial charge in [-0.15, -0.1) is 0 Å². The van der Waals surface area contributed by atoms with E-state index in [1.807, 2.05) is 12.1 Å². The minimum atomic E-state index is 0.231. The third-order valence-electron chi connectivity index (χ3n) is 6.50. The Morgan fingerprint density at radius 2 is 1.82 bits per heavy atom. The molecule has 0 amide bonds. The Morgan fingerprint density at radius 3 is 2.61 bits per heavy atom. The summed E-state index contributed by atoms with van der Waals surface area (Å²) in [6.07, 6.45) is 4.35. The van der Waals surface area contributed by atoms with Crippen LogP contribution in [0.25, 0.3) is 0 Å². The molecule has 174 valence electrons. The number of amidine groups is 1. The van der Waals surface area contributed by atoms with Crippen LogP contribution in [0.4, 0.5) is 5.69 Å². The predicted octanol–water partition coefficient (Wildman–Crippen LogP) is 4.61. The lowest BCUT2D eigenvalue weighted by Crippen LogP contribution is -2.46. The van der Waals surface area contributed by atoms with E-state index in [2.05, 4.69) is 62.7 Å². The summed E-state index contributed by atoms with van der Waals surface area (Å²) in [5.41, 5.74) is 2.46. The average Bonchev–Trinajstić information content (AvgIpc) is 3.47. The maximum absolute atomic E-state index is 5.99. The first kappa shape index (κ1) is 22.2. The highest BCUT2D eigenvalue weighted by atomic mass is 32.2. The summed E-state index contributed by atoms with van der Waals surface area (Å²) in [6, 6.07) is 17.0. The van der Waals surface area contributed by atoms with Crippen LogP contribution in [0, 0.1) is 0 Å². The van der Waals surface area contributed by atoms with Gasteiger partial charge in [0.2, 0.25) is 0 Å². The molecule has 1 unspecified atom stereocenters. The topological polar surface area (TPSA) is 40.5 Å². The van der Waals surface area contributed by atoms with Gasteiger partial charge in [-0.1, -0.05) is 36.0 Å². The molecule has 6 nitrogen and oxygen atoms in total. The van der Waals surface area contributed by atoms with Gasteiger partial charge in [-0.05, 0) is 54.6 Å². The Morgan fingerprint density at radius 1 is 1.00 bits per heavy atom. The fourth-order valence-electron chi connectivity index (χ4n) is 4.60. The summed E-state index contributed by atoms with van der Waals surface area (Å²) in [6.45, 7) is 7.11. The van der Waals surface area contributed by atoms with Crippen molar-refractivity contribution in [1.82, 2.24) is 9.80 Å². The summed E-state index contributed by atoms with van der Waals surface area (Å²) in [4.78, 5) is 12.0. The molecule has 3 heterocycles. The van der Waals surface area contributed by atoms with Gasteiger partial charge in [-0.3, -0.25) is 9.89 Å². The van der Waals surface area contributed by atoms with Crippen LogP contribution < -0.4 is 14.4 Å². The van der Waals surface area contributed by atoms with Crippen molar-refractivity contribution in [3.05, 3.63) is 65.7 Å². The molecule has 2 aromatic carbocycles. The minimum absolute atomic E-state index is 0.231. The van der Waals surface area contributed by atoms with Crippen molar-refractivity contribution in [2.45, 2.75) is 18.9 Å². The number of unbranched alkanes of at least 4 members (excludes halogenated alkanes) is 1. The van der Waals surface area contributed by atoms with Gasteiger partial charge in [0.1, 0.15) is 11.5 Å². The third-order valence-corrected chi connectivity index (χ3v) is 7.30. The molecule has 2 aromatic rings. The largest absolute Gasteiger partial charge is 0.495 e. The zero-order valence-corrected chi connectivity index (χ0v) is 20.0. The molecule has 0 saturated carbocycles. The van der Waals surface area contributed by atoms with Gasteiger partial charge in [-0.25, -0.2) is 0 Å². The molecular weight excluding hydrogens is 432 g/mol. The van der Waals surface area contributed by atoms with E-state index in [-0.39, 0.29) is 6.04 Å². The molecule has 0 radical (unpaired) electrons. The van der Waals surface area contributed by atoms with Crippen LogP contribution in [-0.4, -0.2) is 68.0 Å². The number of fused-ring (bicyclic) bond motifs is 1. The average molecular weight is 465 g/mol. The molecule has 0 aliphatic carbocycles. The van der Waals surface area contributed by atoms with Crippen LogP contribution in [-0.2, 0) is 0 Å². The number of nitrogens with zero attached hydrogens (tertiary/aromatic N) is 4. The third kappa shape index (κ3) is 5.31. The molecule has 3 aliphatic rings. The highest BCUT2D eigenvalue weighted by molar-refractivity contribution is 8.16. The Hall–Kier alpha value is -2.64.